The number of methoxy groups -OCH3 is 2. The van der Waals surface area contributed by atoms with Crippen molar-refractivity contribution in [2.75, 3.05) is 14.2 Å². The fourth-order valence-electron chi connectivity index (χ4n) is 1.36. The summed E-state index contributed by atoms with van der Waals surface area (Å²) in [6.45, 7) is 0. The van der Waals surface area contributed by atoms with Gasteiger partial charge in [-0.3, -0.25) is 4.57 Å². The van der Waals surface area contributed by atoms with Crippen LogP contribution in [-0.2, 0) is 7.05 Å². The average Bonchev–Trinajstić information content (AvgIpc) is 2.54. The van der Waals surface area contributed by atoms with E-state index in [1.165, 1.54) is 14.2 Å². The predicted molar refractivity (Wildman–Crippen MR) is 54.4 cm³/mol. The highest BCUT2D eigenvalue weighted by atomic mass is 35.5. The van der Waals surface area contributed by atoms with E-state index in [1.807, 2.05) is 0 Å². The second-order valence-electron chi connectivity index (χ2n) is 2.83. The molecule has 0 radical (unpaired) electrons. The summed E-state index contributed by atoms with van der Waals surface area (Å²) in [5, 5.41) is 0.0973. The summed E-state index contributed by atoms with van der Waals surface area (Å²) in [6, 6.07) is 0.430. The second kappa shape index (κ2) is 3.54. The molecule has 6 nitrogen and oxygen atoms in total. The topological polar surface area (TPSA) is 62.1 Å². The van der Waals surface area contributed by atoms with Gasteiger partial charge in [0, 0.05) is 7.05 Å². The van der Waals surface area contributed by atoms with Crippen LogP contribution in [-0.4, -0.2) is 33.7 Å². The third-order valence-corrected chi connectivity index (χ3v) is 2.18. The Bertz CT molecular complexity index is 511. The first-order chi connectivity index (χ1) is 7.17. The lowest BCUT2D eigenvalue weighted by Gasteiger charge is -2.02. The molecule has 0 spiro atoms. The lowest BCUT2D eigenvalue weighted by atomic mass is 10.5. The number of ether oxygens (including phenoxy) is 2. The molecule has 7 heteroatoms. The molecule has 2 rings (SSSR count). The van der Waals surface area contributed by atoms with Crippen LogP contribution in [0.25, 0.3) is 11.2 Å². The maximum absolute atomic E-state index is 5.72. The van der Waals surface area contributed by atoms with E-state index in [2.05, 4.69) is 15.0 Å². The molecular formula is C8H9ClN4O2. The van der Waals surface area contributed by atoms with Gasteiger partial charge in [-0.1, -0.05) is 0 Å². The molecule has 0 atom stereocenters. The Kier molecular flexibility index (Phi) is 2.36. The molecule has 0 aromatic carbocycles. The Balaban J connectivity index is 2.82. The molecule has 2 aromatic rings. The van der Waals surface area contributed by atoms with Gasteiger partial charge in [-0.25, -0.2) is 0 Å². The van der Waals surface area contributed by atoms with Gasteiger partial charge >= 0.3 is 0 Å². The van der Waals surface area contributed by atoms with Crippen LogP contribution < -0.4 is 9.47 Å². The van der Waals surface area contributed by atoms with Crippen molar-refractivity contribution in [2.24, 2.45) is 7.05 Å². The van der Waals surface area contributed by atoms with Crippen LogP contribution in [0.4, 0.5) is 0 Å². The number of aryl methyl sites for hydroxylation is 1. The van der Waals surface area contributed by atoms with Crippen molar-refractivity contribution in [3.05, 3.63) is 5.28 Å². The van der Waals surface area contributed by atoms with Crippen LogP contribution in [0.2, 0.25) is 5.28 Å². The molecule has 0 saturated carbocycles. The third-order valence-electron chi connectivity index (χ3n) is 2.01. The SMILES string of the molecule is COc1nc(Cl)nc2nc(OC)n(C)c12. The molecule has 0 aliphatic carbocycles. The summed E-state index contributed by atoms with van der Waals surface area (Å²) in [5.74, 6) is 0.378. The standard InChI is InChI=1S/C8H9ClN4O2/c1-13-4-5(11-8(13)15-3)10-7(9)12-6(4)14-2/h1-3H3. The Hall–Kier alpha value is -1.56. The van der Waals surface area contributed by atoms with Gasteiger partial charge in [0.15, 0.2) is 11.2 Å². The fraction of sp³-hybridized carbons (Fsp3) is 0.375. The zero-order chi connectivity index (χ0) is 11.0. The van der Waals surface area contributed by atoms with E-state index >= 15 is 0 Å². The first-order valence-corrected chi connectivity index (χ1v) is 4.53. The van der Waals surface area contributed by atoms with Crippen molar-refractivity contribution in [2.45, 2.75) is 0 Å². The van der Waals surface area contributed by atoms with Crippen molar-refractivity contribution in [3.63, 3.8) is 0 Å². The smallest absolute Gasteiger partial charge is 0.298 e. The van der Waals surface area contributed by atoms with Gasteiger partial charge in [0.05, 0.1) is 14.2 Å². The lowest BCUT2D eigenvalue weighted by Crippen LogP contribution is -1.97. The zero-order valence-electron chi connectivity index (χ0n) is 8.48. The number of hydrogen-bond acceptors (Lipinski definition) is 5. The van der Waals surface area contributed by atoms with Crippen LogP contribution in [0, 0.1) is 0 Å². The van der Waals surface area contributed by atoms with Gasteiger partial charge in [0.25, 0.3) is 6.01 Å². The summed E-state index contributed by atoms with van der Waals surface area (Å²) in [7, 11) is 4.83. The van der Waals surface area contributed by atoms with E-state index in [0.29, 0.717) is 23.1 Å². The Labute approximate surface area is 90.8 Å². The van der Waals surface area contributed by atoms with E-state index in [-0.39, 0.29) is 5.28 Å². The largest absolute Gasteiger partial charge is 0.479 e. The molecular weight excluding hydrogens is 220 g/mol. The monoisotopic (exact) mass is 228 g/mol. The predicted octanol–water partition coefficient (Wildman–Crippen LogP) is 1.03. The van der Waals surface area contributed by atoms with Crippen molar-refractivity contribution < 1.29 is 9.47 Å². The van der Waals surface area contributed by atoms with E-state index < -0.39 is 0 Å². The highest BCUT2D eigenvalue weighted by Crippen LogP contribution is 2.26. The molecule has 0 unspecified atom stereocenters. The number of rotatable bonds is 2. The van der Waals surface area contributed by atoms with Crippen LogP contribution in [0.3, 0.4) is 0 Å². The minimum Gasteiger partial charge on any atom is -0.479 e. The average molecular weight is 229 g/mol. The number of nitrogens with zero attached hydrogens (tertiary/aromatic N) is 4. The number of aromatic nitrogens is 4. The molecule has 0 fully saturated rings. The van der Waals surface area contributed by atoms with Gasteiger partial charge in [-0.05, 0) is 11.6 Å². The number of fused-ring (bicyclic) bond motifs is 1. The molecule has 2 heterocycles. The first kappa shape index (κ1) is 9.97. The minimum atomic E-state index is 0.0973. The Morgan fingerprint density at radius 2 is 1.87 bits per heavy atom. The number of hydrogen-bond donors (Lipinski definition) is 0. The van der Waals surface area contributed by atoms with Crippen LogP contribution >= 0.6 is 11.6 Å². The van der Waals surface area contributed by atoms with Crippen molar-refractivity contribution in [1.82, 2.24) is 19.5 Å². The van der Waals surface area contributed by atoms with E-state index in [0.717, 1.165) is 0 Å². The molecule has 0 N–H and O–H groups in total. The summed E-state index contributed by atoms with van der Waals surface area (Å²) in [5.41, 5.74) is 1.10. The first-order valence-electron chi connectivity index (χ1n) is 4.15. The molecule has 80 valence electrons. The van der Waals surface area contributed by atoms with Gasteiger partial charge in [0.1, 0.15) is 0 Å². The molecule has 0 saturated heterocycles. The molecule has 0 amide bonds. The molecule has 15 heavy (non-hydrogen) atoms. The lowest BCUT2D eigenvalue weighted by molar-refractivity contribution is 0.366. The van der Waals surface area contributed by atoms with Gasteiger partial charge < -0.3 is 9.47 Å². The fourth-order valence-corrected chi connectivity index (χ4v) is 1.51. The zero-order valence-corrected chi connectivity index (χ0v) is 9.24. The van der Waals surface area contributed by atoms with Crippen molar-refractivity contribution >= 4 is 22.8 Å². The Morgan fingerprint density at radius 3 is 2.47 bits per heavy atom. The summed E-state index contributed by atoms with van der Waals surface area (Å²) in [6.07, 6.45) is 0. The van der Waals surface area contributed by atoms with Gasteiger partial charge in [-0.15, -0.1) is 0 Å². The molecule has 0 aliphatic rings. The maximum atomic E-state index is 5.72. The summed E-state index contributed by atoms with van der Waals surface area (Å²) < 4.78 is 11.8. The number of halogens is 1. The molecule has 0 bridgehead atoms. The normalized spacial score (nSPS) is 10.7. The van der Waals surface area contributed by atoms with E-state index in [9.17, 15) is 0 Å². The van der Waals surface area contributed by atoms with Gasteiger partial charge in [-0.2, -0.15) is 15.0 Å². The van der Waals surface area contributed by atoms with Crippen LogP contribution in [0.1, 0.15) is 0 Å². The number of imidazole rings is 1. The third kappa shape index (κ3) is 1.46. The maximum Gasteiger partial charge on any atom is 0.298 e. The van der Waals surface area contributed by atoms with E-state index in [4.69, 9.17) is 21.1 Å². The van der Waals surface area contributed by atoms with Crippen molar-refractivity contribution in [1.29, 1.82) is 0 Å². The van der Waals surface area contributed by atoms with Gasteiger partial charge in [0.2, 0.25) is 11.2 Å². The second-order valence-corrected chi connectivity index (χ2v) is 3.17. The molecule has 0 aliphatic heterocycles. The minimum absolute atomic E-state index is 0.0973. The van der Waals surface area contributed by atoms with Crippen LogP contribution in [0.5, 0.6) is 11.9 Å². The van der Waals surface area contributed by atoms with Crippen molar-refractivity contribution in [3.8, 4) is 11.9 Å². The summed E-state index contributed by atoms with van der Waals surface area (Å²) in [4.78, 5) is 12.0. The van der Waals surface area contributed by atoms with E-state index in [1.54, 1.807) is 11.6 Å². The Morgan fingerprint density at radius 1 is 1.13 bits per heavy atom. The van der Waals surface area contributed by atoms with Crippen LogP contribution in [0.15, 0.2) is 0 Å². The molecule has 2 aromatic heterocycles. The highest BCUT2D eigenvalue weighted by Gasteiger charge is 2.16. The quantitative estimate of drug-likeness (QED) is 0.719. The summed E-state index contributed by atoms with van der Waals surface area (Å²) >= 11 is 5.72. The highest BCUT2D eigenvalue weighted by molar-refractivity contribution is 6.28.